The number of benzene rings is 3. The summed E-state index contributed by atoms with van der Waals surface area (Å²) in [5, 5.41) is 3.31. The van der Waals surface area contributed by atoms with Gasteiger partial charge in [0.25, 0.3) is 0 Å². The van der Waals surface area contributed by atoms with E-state index in [0.29, 0.717) is 21.8 Å². The first-order valence-electron chi connectivity index (χ1n) is 9.22. The van der Waals surface area contributed by atoms with Gasteiger partial charge in [-0.15, -0.1) is 0 Å². The van der Waals surface area contributed by atoms with Crippen LogP contribution in [0.1, 0.15) is 11.1 Å². The van der Waals surface area contributed by atoms with Gasteiger partial charge in [-0.1, -0.05) is 30.3 Å². The van der Waals surface area contributed by atoms with Crippen molar-refractivity contribution in [3.8, 4) is 0 Å². The van der Waals surface area contributed by atoms with E-state index in [0.717, 1.165) is 12.4 Å². The van der Waals surface area contributed by atoms with Gasteiger partial charge in [-0.3, -0.25) is 4.79 Å². The van der Waals surface area contributed by atoms with Crippen molar-refractivity contribution in [1.82, 2.24) is 4.31 Å². The Balaban J connectivity index is 1.82. The lowest BCUT2D eigenvalue weighted by atomic mass is 10.1. The average molecular weight is 490 g/mol. The lowest BCUT2D eigenvalue weighted by molar-refractivity contribution is -0.143. The van der Waals surface area contributed by atoms with Crippen molar-refractivity contribution in [1.29, 1.82) is 0 Å². The molecule has 1 N–H and O–H groups in total. The first-order valence-corrected chi connectivity index (χ1v) is 10.7. The molecule has 0 spiro atoms. The van der Waals surface area contributed by atoms with E-state index in [1.165, 1.54) is 12.1 Å². The largest absolute Gasteiger partial charge is 0.416 e. The van der Waals surface area contributed by atoms with Crippen LogP contribution in [0.2, 0.25) is 0 Å². The molecule has 12 heteroatoms. The number of rotatable bonds is 5. The number of anilines is 1. The van der Waals surface area contributed by atoms with Gasteiger partial charge < -0.3 is 5.32 Å². The monoisotopic (exact) mass is 490 g/mol. The van der Waals surface area contributed by atoms with Crippen LogP contribution < -0.4 is 5.32 Å². The van der Waals surface area contributed by atoms with Crippen LogP contribution in [0.25, 0.3) is 10.8 Å². The van der Waals surface area contributed by atoms with Gasteiger partial charge >= 0.3 is 12.4 Å². The summed E-state index contributed by atoms with van der Waals surface area (Å²) in [5.41, 5.74) is -3.98. The standard InChI is InChI=1S/C21H16F6N2O3S/c1-29(33(31,32)18-7-6-13-4-2-3-5-14(13)8-18)12-19(30)28-17-10-15(20(22,23)24)9-16(11-17)21(25,26)27/h2-11H,12H2,1H3,(H,28,30). The van der Waals surface area contributed by atoms with E-state index in [4.69, 9.17) is 0 Å². The molecule has 33 heavy (non-hydrogen) atoms. The van der Waals surface area contributed by atoms with Gasteiger partial charge in [-0.2, -0.15) is 30.6 Å². The van der Waals surface area contributed by atoms with E-state index in [1.54, 1.807) is 30.3 Å². The van der Waals surface area contributed by atoms with Crippen molar-refractivity contribution in [3.05, 3.63) is 71.8 Å². The molecule has 0 bridgehead atoms. The Morgan fingerprint density at radius 3 is 1.94 bits per heavy atom. The Morgan fingerprint density at radius 1 is 0.848 bits per heavy atom. The molecule has 176 valence electrons. The highest BCUT2D eigenvalue weighted by Gasteiger charge is 2.37. The number of fused-ring (bicyclic) bond motifs is 1. The highest BCUT2D eigenvalue weighted by atomic mass is 32.2. The van der Waals surface area contributed by atoms with Crippen molar-refractivity contribution in [2.45, 2.75) is 17.2 Å². The molecular formula is C21H16F6N2O3S. The summed E-state index contributed by atoms with van der Waals surface area (Å²) in [6.45, 7) is -0.841. The molecule has 3 rings (SSSR count). The van der Waals surface area contributed by atoms with Crippen molar-refractivity contribution in [3.63, 3.8) is 0 Å². The van der Waals surface area contributed by atoms with Gasteiger partial charge in [0.15, 0.2) is 0 Å². The van der Waals surface area contributed by atoms with Crippen LogP contribution in [-0.2, 0) is 27.2 Å². The first-order chi connectivity index (χ1) is 15.2. The van der Waals surface area contributed by atoms with E-state index >= 15 is 0 Å². The molecule has 3 aromatic rings. The molecule has 0 saturated heterocycles. The molecule has 1 amide bonds. The third-order valence-corrected chi connectivity index (χ3v) is 6.47. The number of halogens is 6. The SMILES string of the molecule is CN(CC(=O)Nc1cc(C(F)(F)F)cc(C(F)(F)F)c1)S(=O)(=O)c1ccc2ccccc2c1. The van der Waals surface area contributed by atoms with E-state index in [-0.39, 0.29) is 11.0 Å². The number of alkyl halides is 6. The number of likely N-dealkylation sites (N-methyl/N-ethyl adjacent to an activating group) is 1. The molecule has 0 aromatic heterocycles. The Hall–Kier alpha value is -3.12. The Morgan fingerprint density at radius 2 is 1.39 bits per heavy atom. The maximum atomic E-state index is 13.0. The number of nitrogens with one attached hydrogen (secondary N) is 1. The predicted molar refractivity (Wildman–Crippen MR) is 109 cm³/mol. The molecule has 0 atom stereocenters. The summed E-state index contributed by atoms with van der Waals surface area (Å²) < 4.78 is 104. The second-order valence-electron chi connectivity index (χ2n) is 7.11. The summed E-state index contributed by atoms with van der Waals surface area (Å²) in [6.07, 6.45) is -10.2. The molecule has 0 aliphatic heterocycles. The summed E-state index contributed by atoms with van der Waals surface area (Å²) in [4.78, 5) is 12.1. The molecule has 0 heterocycles. The number of sulfonamides is 1. The highest BCUT2D eigenvalue weighted by molar-refractivity contribution is 7.89. The second-order valence-corrected chi connectivity index (χ2v) is 9.16. The minimum absolute atomic E-state index is 0.0774. The average Bonchev–Trinajstić information content (AvgIpc) is 2.71. The molecule has 0 radical (unpaired) electrons. The molecular weight excluding hydrogens is 474 g/mol. The van der Waals surface area contributed by atoms with Gasteiger partial charge in [0.2, 0.25) is 15.9 Å². The zero-order valence-electron chi connectivity index (χ0n) is 16.8. The molecule has 0 fully saturated rings. The summed E-state index contributed by atoms with van der Waals surface area (Å²) >= 11 is 0. The molecule has 5 nitrogen and oxygen atoms in total. The number of nitrogens with zero attached hydrogens (tertiary/aromatic N) is 1. The topological polar surface area (TPSA) is 66.5 Å². The fraction of sp³-hybridized carbons (Fsp3) is 0.190. The zero-order chi connectivity index (χ0) is 24.6. The molecule has 3 aromatic carbocycles. The summed E-state index contributed by atoms with van der Waals surface area (Å²) in [7, 11) is -3.10. The van der Waals surface area contributed by atoms with Crippen molar-refractivity contribution in [2.24, 2.45) is 0 Å². The van der Waals surface area contributed by atoms with Gasteiger partial charge in [-0.05, 0) is 41.1 Å². The molecule has 0 unspecified atom stereocenters. The quantitative estimate of drug-likeness (QED) is 0.504. The number of hydrogen-bond donors (Lipinski definition) is 1. The van der Waals surface area contributed by atoms with Gasteiger partial charge in [-0.25, -0.2) is 8.42 Å². The number of carbonyl (C=O) groups excluding carboxylic acids is 1. The predicted octanol–water partition coefficient (Wildman–Crippen LogP) is 5.14. The Bertz CT molecular complexity index is 1270. The van der Waals surface area contributed by atoms with Gasteiger partial charge in [0, 0.05) is 12.7 Å². The van der Waals surface area contributed by atoms with Crippen LogP contribution in [-0.4, -0.2) is 32.2 Å². The van der Waals surface area contributed by atoms with Crippen LogP contribution >= 0.6 is 0 Å². The molecule has 0 saturated carbocycles. The minimum atomic E-state index is -5.09. The maximum Gasteiger partial charge on any atom is 0.416 e. The van der Waals surface area contributed by atoms with Crippen LogP contribution in [0.3, 0.4) is 0 Å². The number of hydrogen-bond acceptors (Lipinski definition) is 3. The third kappa shape index (κ3) is 5.63. The minimum Gasteiger partial charge on any atom is -0.325 e. The highest BCUT2D eigenvalue weighted by Crippen LogP contribution is 2.37. The second kappa shape index (κ2) is 8.67. The summed E-state index contributed by atoms with van der Waals surface area (Å²) in [5.74, 6) is -1.12. The third-order valence-electron chi connectivity index (χ3n) is 4.67. The molecule has 0 aliphatic carbocycles. The van der Waals surface area contributed by atoms with Crippen LogP contribution in [0.15, 0.2) is 65.6 Å². The van der Waals surface area contributed by atoms with Crippen molar-refractivity contribution >= 4 is 32.4 Å². The fourth-order valence-electron chi connectivity index (χ4n) is 3.02. The smallest absolute Gasteiger partial charge is 0.325 e. The van der Waals surface area contributed by atoms with Gasteiger partial charge in [0.1, 0.15) is 0 Å². The zero-order valence-corrected chi connectivity index (χ0v) is 17.6. The van der Waals surface area contributed by atoms with Crippen LogP contribution in [0.4, 0.5) is 32.0 Å². The number of carbonyl (C=O) groups is 1. The number of amides is 1. The first kappa shape index (κ1) is 24.5. The lowest BCUT2D eigenvalue weighted by Gasteiger charge is -2.18. The maximum absolute atomic E-state index is 13.0. The van der Waals surface area contributed by atoms with Crippen molar-refractivity contribution in [2.75, 3.05) is 18.9 Å². The van der Waals surface area contributed by atoms with Crippen molar-refractivity contribution < 1.29 is 39.6 Å². The normalized spacial score (nSPS) is 12.8. The van der Waals surface area contributed by atoms with E-state index in [1.807, 2.05) is 5.32 Å². The van der Waals surface area contributed by atoms with E-state index in [2.05, 4.69) is 0 Å². The van der Waals surface area contributed by atoms with Crippen LogP contribution in [0.5, 0.6) is 0 Å². The van der Waals surface area contributed by atoms with Gasteiger partial charge in [0.05, 0.1) is 22.6 Å². The fourth-order valence-corrected chi connectivity index (χ4v) is 4.19. The van der Waals surface area contributed by atoms with Crippen LogP contribution in [0, 0.1) is 0 Å². The molecule has 0 aliphatic rings. The Kier molecular flexibility index (Phi) is 6.44. The Labute approximate surface area is 184 Å². The van der Waals surface area contributed by atoms with E-state index < -0.39 is 51.6 Å². The summed E-state index contributed by atoms with van der Waals surface area (Å²) in [6, 6.07) is 11.8. The van der Waals surface area contributed by atoms with E-state index in [9.17, 15) is 39.6 Å². The lowest BCUT2D eigenvalue weighted by Crippen LogP contribution is -2.35.